The van der Waals surface area contributed by atoms with Crippen LogP contribution in [0.3, 0.4) is 0 Å². The first kappa shape index (κ1) is 10.8. The summed E-state index contributed by atoms with van der Waals surface area (Å²) in [4.78, 5) is 3.24. The van der Waals surface area contributed by atoms with E-state index in [0.717, 1.165) is 11.3 Å². The summed E-state index contributed by atoms with van der Waals surface area (Å²) in [6.07, 6.45) is 0. The molecule has 0 saturated carbocycles. The second-order valence-electron chi connectivity index (χ2n) is 5.18. The van der Waals surface area contributed by atoms with E-state index < -0.39 is 0 Å². The molecule has 82 valence electrons. The van der Waals surface area contributed by atoms with Crippen molar-refractivity contribution in [2.45, 2.75) is 45.8 Å². The molecule has 0 bridgehead atoms. The van der Waals surface area contributed by atoms with E-state index in [1.807, 2.05) is 19.1 Å². The molecule has 1 saturated heterocycles. The Hall–Kier alpha value is -0.735. The lowest BCUT2D eigenvalue weighted by molar-refractivity contribution is 0.00578. The van der Waals surface area contributed by atoms with Crippen LogP contribution < -0.4 is 5.59 Å². The Labute approximate surface area is 91.3 Å². The molecule has 0 aromatic carbocycles. The molecule has 1 aromatic rings. The summed E-state index contributed by atoms with van der Waals surface area (Å²) >= 11 is 0. The van der Waals surface area contributed by atoms with Gasteiger partial charge in [0.2, 0.25) is 0 Å². The highest BCUT2D eigenvalue weighted by atomic mass is 16.7. The maximum Gasteiger partial charge on any atom is 0.512 e. The molecule has 0 atom stereocenters. The van der Waals surface area contributed by atoms with Crippen LogP contribution in [0.15, 0.2) is 12.1 Å². The lowest BCUT2D eigenvalue weighted by atomic mass is 9.85. The fourth-order valence-corrected chi connectivity index (χ4v) is 1.63. The Balaban J connectivity index is 2.23. The lowest BCUT2D eigenvalue weighted by Gasteiger charge is -2.32. The molecule has 0 radical (unpaired) electrons. The van der Waals surface area contributed by atoms with Gasteiger partial charge in [-0.25, -0.2) is 0 Å². The molecule has 0 spiro atoms. The summed E-state index contributed by atoms with van der Waals surface area (Å²) in [7, 11) is -0.274. The first-order valence-electron chi connectivity index (χ1n) is 5.33. The highest BCUT2D eigenvalue weighted by Crippen LogP contribution is 2.36. The number of hydrogen-bond donors (Lipinski definition) is 1. The molecule has 2 heterocycles. The van der Waals surface area contributed by atoms with Crippen molar-refractivity contribution in [2.75, 3.05) is 0 Å². The molecule has 3 nitrogen and oxygen atoms in total. The monoisotopic (exact) mass is 207 g/mol. The van der Waals surface area contributed by atoms with Crippen molar-refractivity contribution >= 4 is 12.7 Å². The van der Waals surface area contributed by atoms with Crippen molar-refractivity contribution in [1.82, 2.24) is 4.98 Å². The molecule has 4 heteroatoms. The van der Waals surface area contributed by atoms with Crippen molar-refractivity contribution in [1.29, 1.82) is 0 Å². The summed E-state index contributed by atoms with van der Waals surface area (Å²) < 4.78 is 11.8. The molecule has 1 aromatic heterocycles. The van der Waals surface area contributed by atoms with Gasteiger partial charge in [-0.3, -0.25) is 0 Å². The van der Waals surface area contributed by atoms with Crippen molar-refractivity contribution in [3.8, 4) is 0 Å². The molecule has 2 rings (SSSR count). The average molecular weight is 207 g/mol. The zero-order chi connectivity index (χ0) is 11.3. The molecule has 1 fully saturated rings. The summed E-state index contributed by atoms with van der Waals surface area (Å²) in [5.41, 5.74) is 1.58. The van der Waals surface area contributed by atoms with E-state index >= 15 is 0 Å². The Morgan fingerprint density at radius 1 is 1.07 bits per heavy atom. The summed E-state index contributed by atoms with van der Waals surface area (Å²) in [5, 5.41) is 0. The lowest BCUT2D eigenvalue weighted by Crippen LogP contribution is -2.41. The maximum atomic E-state index is 5.91. The minimum atomic E-state index is -0.274. The SMILES string of the molecule is Cc1ccc(B2OC(C)(C)C(C)(C)O2)[nH]1. The predicted octanol–water partition coefficient (Wildman–Crippen LogP) is 1.62. The van der Waals surface area contributed by atoms with Gasteiger partial charge in [-0.05, 0) is 46.8 Å². The maximum absolute atomic E-state index is 5.91. The van der Waals surface area contributed by atoms with Crippen LogP contribution in [0.1, 0.15) is 33.4 Å². The van der Waals surface area contributed by atoms with Gasteiger partial charge in [0.1, 0.15) is 0 Å². The van der Waals surface area contributed by atoms with E-state index in [4.69, 9.17) is 9.31 Å². The minimum absolute atomic E-state index is 0.267. The van der Waals surface area contributed by atoms with Crippen molar-refractivity contribution in [2.24, 2.45) is 0 Å². The molecular formula is C11H18BNO2. The predicted molar refractivity (Wildman–Crippen MR) is 61.2 cm³/mol. The third kappa shape index (κ3) is 1.72. The topological polar surface area (TPSA) is 34.2 Å². The first-order chi connectivity index (χ1) is 6.82. The van der Waals surface area contributed by atoms with Crippen LogP contribution in [0.2, 0.25) is 0 Å². The second-order valence-corrected chi connectivity index (χ2v) is 5.18. The Morgan fingerprint density at radius 2 is 1.60 bits per heavy atom. The summed E-state index contributed by atoms with van der Waals surface area (Å²) in [6.45, 7) is 10.3. The van der Waals surface area contributed by atoms with Crippen LogP contribution in [-0.2, 0) is 9.31 Å². The van der Waals surface area contributed by atoms with E-state index in [1.54, 1.807) is 0 Å². The van der Waals surface area contributed by atoms with Gasteiger partial charge in [0.05, 0.1) is 11.2 Å². The summed E-state index contributed by atoms with van der Waals surface area (Å²) in [5.74, 6) is 0. The van der Waals surface area contributed by atoms with E-state index in [2.05, 4.69) is 32.7 Å². The third-order valence-electron chi connectivity index (χ3n) is 3.36. The van der Waals surface area contributed by atoms with Crippen LogP contribution in [0.5, 0.6) is 0 Å². The quantitative estimate of drug-likeness (QED) is 0.710. The van der Waals surface area contributed by atoms with E-state index in [1.165, 1.54) is 0 Å². The van der Waals surface area contributed by atoms with Gasteiger partial charge in [0.15, 0.2) is 0 Å². The van der Waals surface area contributed by atoms with Crippen molar-refractivity contribution in [3.63, 3.8) is 0 Å². The molecule has 1 aliphatic heterocycles. The number of aromatic nitrogens is 1. The molecule has 15 heavy (non-hydrogen) atoms. The Bertz CT molecular complexity index is 354. The Kier molecular flexibility index (Phi) is 2.24. The molecule has 1 N–H and O–H groups in total. The van der Waals surface area contributed by atoms with E-state index in [9.17, 15) is 0 Å². The third-order valence-corrected chi connectivity index (χ3v) is 3.36. The molecular weight excluding hydrogens is 189 g/mol. The smallest absolute Gasteiger partial charge is 0.398 e. The van der Waals surface area contributed by atoms with Crippen LogP contribution >= 0.6 is 0 Å². The normalized spacial score (nSPS) is 23.4. The first-order valence-corrected chi connectivity index (χ1v) is 5.33. The molecule has 0 unspecified atom stereocenters. The Morgan fingerprint density at radius 3 is 2.00 bits per heavy atom. The van der Waals surface area contributed by atoms with Crippen LogP contribution in [0.25, 0.3) is 0 Å². The average Bonchev–Trinajstić information content (AvgIpc) is 2.56. The van der Waals surface area contributed by atoms with Gasteiger partial charge >= 0.3 is 7.12 Å². The van der Waals surface area contributed by atoms with Crippen LogP contribution in [0, 0.1) is 6.92 Å². The van der Waals surface area contributed by atoms with Crippen molar-refractivity contribution in [3.05, 3.63) is 17.8 Å². The number of hydrogen-bond acceptors (Lipinski definition) is 2. The van der Waals surface area contributed by atoms with Gasteiger partial charge in [0.25, 0.3) is 0 Å². The fraction of sp³-hybridized carbons (Fsp3) is 0.636. The van der Waals surface area contributed by atoms with Crippen molar-refractivity contribution < 1.29 is 9.31 Å². The van der Waals surface area contributed by atoms with Gasteiger partial charge < -0.3 is 14.3 Å². The molecule has 0 amide bonds. The zero-order valence-electron chi connectivity index (χ0n) is 10.0. The second kappa shape index (κ2) is 3.13. The number of nitrogens with one attached hydrogen (secondary N) is 1. The molecule has 0 aliphatic carbocycles. The highest BCUT2D eigenvalue weighted by Gasteiger charge is 2.52. The number of aryl methyl sites for hydroxylation is 1. The number of H-pyrrole nitrogens is 1. The van der Waals surface area contributed by atoms with Gasteiger partial charge in [-0.1, -0.05) is 0 Å². The van der Waals surface area contributed by atoms with E-state index in [0.29, 0.717) is 0 Å². The highest BCUT2D eigenvalue weighted by molar-refractivity contribution is 6.61. The van der Waals surface area contributed by atoms with Gasteiger partial charge in [-0.2, -0.15) is 0 Å². The van der Waals surface area contributed by atoms with Crippen LogP contribution in [-0.4, -0.2) is 23.3 Å². The minimum Gasteiger partial charge on any atom is -0.398 e. The fourth-order valence-electron chi connectivity index (χ4n) is 1.63. The van der Waals surface area contributed by atoms with E-state index in [-0.39, 0.29) is 18.3 Å². The largest absolute Gasteiger partial charge is 0.512 e. The zero-order valence-corrected chi connectivity index (χ0v) is 10.0. The number of aromatic amines is 1. The van der Waals surface area contributed by atoms with Gasteiger partial charge in [0, 0.05) is 11.3 Å². The van der Waals surface area contributed by atoms with Crippen LogP contribution in [0.4, 0.5) is 0 Å². The summed E-state index contributed by atoms with van der Waals surface area (Å²) in [6, 6.07) is 4.04. The van der Waals surface area contributed by atoms with Gasteiger partial charge in [-0.15, -0.1) is 0 Å². The standard InChI is InChI=1S/C11H18BNO2/c1-8-6-7-9(13-8)12-14-10(2,3)11(4,5)15-12/h6-7,13H,1-5H3. The molecule has 1 aliphatic rings. The number of rotatable bonds is 1.